The number of fused-ring (bicyclic) bond motifs is 1. The van der Waals surface area contributed by atoms with Gasteiger partial charge in [-0.05, 0) is 49.2 Å². The van der Waals surface area contributed by atoms with Gasteiger partial charge < -0.3 is 14.8 Å². The zero-order chi connectivity index (χ0) is 18.6. The van der Waals surface area contributed by atoms with Crippen molar-refractivity contribution in [1.29, 1.82) is 0 Å². The summed E-state index contributed by atoms with van der Waals surface area (Å²) < 4.78 is 24.7. The largest absolute Gasteiger partial charge is 0.491 e. The van der Waals surface area contributed by atoms with Gasteiger partial charge in [-0.2, -0.15) is 0 Å². The van der Waals surface area contributed by atoms with Gasteiger partial charge in [0.1, 0.15) is 18.2 Å². The maximum Gasteiger partial charge on any atom is 0.257 e. The number of ether oxygens (including phenoxy) is 2. The van der Waals surface area contributed by atoms with Crippen LogP contribution in [0, 0.1) is 5.82 Å². The van der Waals surface area contributed by atoms with Gasteiger partial charge in [0.2, 0.25) is 0 Å². The van der Waals surface area contributed by atoms with Crippen molar-refractivity contribution >= 4 is 22.5 Å². The van der Waals surface area contributed by atoms with Gasteiger partial charge in [0.15, 0.2) is 0 Å². The zero-order valence-electron chi connectivity index (χ0n) is 14.7. The second-order valence-corrected chi connectivity index (χ2v) is 6.49. The van der Waals surface area contributed by atoms with Crippen molar-refractivity contribution in [3.63, 3.8) is 0 Å². The van der Waals surface area contributed by atoms with Crippen molar-refractivity contribution in [2.45, 2.75) is 18.9 Å². The van der Waals surface area contributed by atoms with Crippen molar-refractivity contribution in [2.75, 3.05) is 18.5 Å². The predicted molar refractivity (Wildman–Crippen MR) is 101 cm³/mol. The molecule has 1 saturated heterocycles. The fraction of sp³-hybridized carbons (Fsp3) is 0.238. The molecule has 1 fully saturated rings. The normalized spacial score (nSPS) is 16.4. The standard InChI is InChI=1S/C21H19FN2O3/c22-16-6-7-20-14(10-16)9-15(12-23-20)21(25)24-17-3-1-4-18(11-17)27-13-19-5-2-8-26-19/h1,3-4,6-7,9-12,19H,2,5,8,13H2,(H,24,25). The third-order valence-corrected chi connectivity index (χ3v) is 4.46. The molecular weight excluding hydrogens is 347 g/mol. The molecule has 1 unspecified atom stereocenters. The molecule has 0 aliphatic carbocycles. The minimum atomic E-state index is -0.363. The number of nitrogens with one attached hydrogen (secondary N) is 1. The Labute approximate surface area is 156 Å². The summed E-state index contributed by atoms with van der Waals surface area (Å²) in [4.78, 5) is 16.7. The van der Waals surface area contributed by atoms with Crippen molar-refractivity contribution in [3.05, 3.63) is 66.1 Å². The summed E-state index contributed by atoms with van der Waals surface area (Å²) in [7, 11) is 0. The fourth-order valence-corrected chi connectivity index (χ4v) is 3.06. The Morgan fingerprint density at radius 2 is 2.19 bits per heavy atom. The molecule has 3 aromatic rings. The third kappa shape index (κ3) is 4.23. The van der Waals surface area contributed by atoms with Gasteiger partial charge in [0.05, 0.1) is 17.2 Å². The molecule has 1 amide bonds. The van der Waals surface area contributed by atoms with E-state index in [1.807, 2.05) is 12.1 Å². The molecule has 27 heavy (non-hydrogen) atoms. The molecule has 6 heteroatoms. The molecule has 0 radical (unpaired) electrons. The number of pyridine rings is 1. The van der Waals surface area contributed by atoms with Gasteiger partial charge in [-0.1, -0.05) is 6.07 Å². The van der Waals surface area contributed by atoms with Gasteiger partial charge in [-0.3, -0.25) is 9.78 Å². The van der Waals surface area contributed by atoms with E-state index in [1.165, 1.54) is 18.3 Å². The van der Waals surface area contributed by atoms with E-state index < -0.39 is 0 Å². The van der Waals surface area contributed by atoms with Gasteiger partial charge >= 0.3 is 0 Å². The Balaban J connectivity index is 1.45. The summed E-state index contributed by atoms with van der Waals surface area (Å²) in [5, 5.41) is 3.40. The maximum absolute atomic E-state index is 13.4. The quantitative estimate of drug-likeness (QED) is 0.736. The number of benzene rings is 2. The van der Waals surface area contributed by atoms with Crippen molar-refractivity contribution in [1.82, 2.24) is 4.98 Å². The first-order valence-electron chi connectivity index (χ1n) is 8.88. The molecule has 138 valence electrons. The number of hydrogen-bond acceptors (Lipinski definition) is 4. The van der Waals surface area contributed by atoms with E-state index in [9.17, 15) is 9.18 Å². The first-order chi connectivity index (χ1) is 13.2. The summed E-state index contributed by atoms with van der Waals surface area (Å²) in [6.45, 7) is 1.28. The first-order valence-corrected chi connectivity index (χ1v) is 8.88. The van der Waals surface area contributed by atoms with Gasteiger partial charge in [0, 0.05) is 29.9 Å². The van der Waals surface area contributed by atoms with Crippen LogP contribution in [0.25, 0.3) is 10.9 Å². The topological polar surface area (TPSA) is 60.5 Å². The average Bonchev–Trinajstić information content (AvgIpc) is 3.20. The Bertz CT molecular complexity index is 971. The van der Waals surface area contributed by atoms with Crippen LogP contribution in [0.4, 0.5) is 10.1 Å². The molecule has 0 bridgehead atoms. The fourth-order valence-electron chi connectivity index (χ4n) is 3.06. The Kier molecular flexibility index (Phi) is 4.98. The Morgan fingerprint density at radius 1 is 1.26 bits per heavy atom. The lowest BCUT2D eigenvalue weighted by molar-refractivity contribution is 0.0680. The molecule has 4 rings (SSSR count). The number of rotatable bonds is 5. The van der Waals surface area contributed by atoms with Crippen LogP contribution in [0.3, 0.4) is 0 Å². The van der Waals surface area contributed by atoms with Crippen molar-refractivity contribution in [3.8, 4) is 5.75 Å². The first kappa shape index (κ1) is 17.4. The molecule has 0 saturated carbocycles. The average molecular weight is 366 g/mol. The van der Waals surface area contributed by atoms with E-state index in [4.69, 9.17) is 9.47 Å². The minimum absolute atomic E-state index is 0.132. The van der Waals surface area contributed by atoms with Crippen molar-refractivity contribution in [2.24, 2.45) is 0 Å². The summed E-state index contributed by atoms with van der Waals surface area (Å²) in [5.74, 6) is -0.00936. The van der Waals surface area contributed by atoms with Crippen LogP contribution in [0.2, 0.25) is 0 Å². The lowest BCUT2D eigenvalue weighted by atomic mass is 10.1. The maximum atomic E-state index is 13.4. The highest BCUT2D eigenvalue weighted by molar-refractivity contribution is 6.05. The van der Waals surface area contributed by atoms with Crippen LogP contribution >= 0.6 is 0 Å². The van der Waals surface area contributed by atoms with E-state index >= 15 is 0 Å². The molecule has 2 aromatic carbocycles. The summed E-state index contributed by atoms with van der Waals surface area (Å²) in [5.41, 5.74) is 1.61. The van der Waals surface area contributed by atoms with E-state index in [0.717, 1.165) is 19.4 Å². The van der Waals surface area contributed by atoms with Crippen LogP contribution in [0.15, 0.2) is 54.7 Å². The van der Waals surface area contributed by atoms with E-state index in [2.05, 4.69) is 10.3 Å². The smallest absolute Gasteiger partial charge is 0.257 e. The van der Waals surface area contributed by atoms with Crippen LogP contribution < -0.4 is 10.1 Å². The minimum Gasteiger partial charge on any atom is -0.491 e. The molecule has 1 aromatic heterocycles. The number of amides is 1. The van der Waals surface area contributed by atoms with Gasteiger partial charge in [0.25, 0.3) is 5.91 Å². The van der Waals surface area contributed by atoms with Crippen LogP contribution in [0.5, 0.6) is 5.75 Å². The number of carbonyl (C=O) groups excluding carboxylic acids is 1. The highest BCUT2D eigenvalue weighted by Crippen LogP contribution is 2.21. The SMILES string of the molecule is O=C(Nc1cccc(OCC2CCCO2)c1)c1cnc2ccc(F)cc2c1. The molecule has 2 heterocycles. The molecule has 5 nitrogen and oxygen atoms in total. The number of hydrogen-bond donors (Lipinski definition) is 1. The molecule has 1 atom stereocenters. The molecule has 0 spiro atoms. The predicted octanol–water partition coefficient (Wildman–Crippen LogP) is 4.18. The van der Waals surface area contributed by atoms with Crippen LogP contribution in [0.1, 0.15) is 23.2 Å². The number of carbonyl (C=O) groups is 1. The summed E-state index contributed by atoms with van der Waals surface area (Å²) in [6.07, 6.45) is 3.68. The lowest BCUT2D eigenvalue weighted by Gasteiger charge is -2.12. The number of nitrogens with zero attached hydrogens (tertiary/aromatic N) is 1. The van der Waals surface area contributed by atoms with Crippen LogP contribution in [-0.2, 0) is 4.74 Å². The summed E-state index contributed by atoms with van der Waals surface area (Å²) in [6, 6.07) is 13.1. The molecule has 1 N–H and O–H groups in total. The van der Waals surface area contributed by atoms with E-state index in [1.54, 1.807) is 24.3 Å². The highest BCUT2D eigenvalue weighted by atomic mass is 19.1. The Morgan fingerprint density at radius 3 is 3.04 bits per heavy atom. The summed E-state index contributed by atoms with van der Waals surface area (Å²) >= 11 is 0. The highest BCUT2D eigenvalue weighted by Gasteiger charge is 2.16. The van der Waals surface area contributed by atoms with Gasteiger partial charge in [-0.25, -0.2) is 4.39 Å². The van der Waals surface area contributed by atoms with E-state index in [0.29, 0.717) is 34.5 Å². The second-order valence-electron chi connectivity index (χ2n) is 6.49. The molecule has 1 aliphatic rings. The molecular formula is C21H19FN2O3. The lowest BCUT2D eigenvalue weighted by Crippen LogP contribution is -2.16. The van der Waals surface area contributed by atoms with Gasteiger partial charge in [-0.15, -0.1) is 0 Å². The van der Waals surface area contributed by atoms with E-state index in [-0.39, 0.29) is 17.8 Å². The number of aromatic nitrogens is 1. The number of anilines is 1. The Hall–Kier alpha value is -2.99. The molecule has 1 aliphatic heterocycles. The zero-order valence-corrected chi connectivity index (χ0v) is 14.7. The van der Waals surface area contributed by atoms with Crippen molar-refractivity contribution < 1.29 is 18.7 Å². The third-order valence-electron chi connectivity index (χ3n) is 4.46. The monoisotopic (exact) mass is 366 g/mol. The van der Waals surface area contributed by atoms with Crippen LogP contribution in [-0.4, -0.2) is 30.2 Å². The second kappa shape index (κ2) is 7.72. The number of halogens is 1.